The number of hydrogen-bond acceptors (Lipinski definition) is 6. The first kappa shape index (κ1) is 21.8. The Morgan fingerprint density at radius 1 is 1.16 bits per heavy atom. The van der Waals surface area contributed by atoms with E-state index in [-0.39, 0.29) is 5.91 Å². The van der Waals surface area contributed by atoms with Crippen LogP contribution in [0.2, 0.25) is 0 Å². The molecule has 1 amide bonds. The topological polar surface area (TPSA) is 68.2 Å². The smallest absolute Gasteiger partial charge is 0.247 e. The molecule has 1 aliphatic rings. The van der Waals surface area contributed by atoms with E-state index in [0.717, 1.165) is 39.9 Å². The van der Waals surface area contributed by atoms with Crippen LogP contribution in [0.3, 0.4) is 0 Å². The molecular formula is C23H23BrN4O2S. The first-order valence-electron chi connectivity index (χ1n) is 10.3. The van der Waals surface area contributed by atoms with Crippen molar-refractivity contribution in [3.05, 3.63) is 58.6 Å². The largest absolute Gasteiger partial charge is 0.447 e. The van der Waals surface area contributed by atoms with Gasteiger partial charge in [0.05, 0.1) is 5.69 Å². The molecule has 0 radical (unpaired) electrons. The van der Waals surface area contributed by atoms with Crippen LogP contribution in [-0.2, 0) is 4.79 Å². The van der Waals surface area contributed by atoms with Gasteiger partial charge in [0.25, 0.3) is 0 Å². The molecule has 0 saturated heterocycles. The van der Waals surface area contributed by atoms with Crippen molar-refractivity contribution in [2.45, 2.75) is 44.5 Å². The van der Waals surface area contributed by atoms with E-state index >= 15 is 0 Å². The summed E-state index contributed by atoms with van der Waals surface area (Å²) in [6.07, 6.45) is 1.86. The molecule has 4 rings (SSSR count). The fourth-order valence-electron chi connectivity index (χ4n) is 3.40. The number of anilines is 1. The minimum Gasteiger partial charge on any atom is -0.447 e. The average molecular weight is 499 g/mol. The lowest BCUT2D eigenvalue weighted by Crippen LogP contribution is -2.37. The minimum absolute atomic E-state index is 0.0456. The number of unbranched alkanes of at least 4 members (excludes halogenated alkanes) is 1. The van der Waals surface area contributed by atoms with Crippen molar-refractivity contribution >= 4 is 39.3 Å². The van der Waals surface area contributed by atoms with Gasteiger partial charge in [-0.05, 0) is 24.6 Å². The molecule has 6 nitrogen and oxygen atoms in total. The molecule has 160 valence electrons. The van der Waals surface area contributed by atoms with E-state index in [2.05, 4.69) is 38.0 Å². The molecule has 1 aromatic heterocycles. The molecule has 8 heteroatoms. The van der Waals surface area contributed by atoms with E-state index in [9.17, 15) is 4.79 Å². The maximum atomic E-state index is 13.1. The Morgan fingerprint density at radius 3 is 2.77 bits per heavy atom. The third kappa shape index (κ3) is 4.60. The van der Waals surface area contributed by atoms with Gasteiger partial charge in [0.2, 0.25) is 23.2 Å². The van der Waals surface area contributed by atoms with Gasteiger partial charge in [0, 0.05) is 27.8 Å². The lowest BCUT2D eigenvalue weighted by atomic mass is 10.1. The number of para-hydroxylation sites is 1. The van der Waals surface area contributed by atoms with Crippen LogP contribution in [0.25, 0.3) is 11.3 Å². The number of carbonyl (C=O) groups is 1. The van der Waals surface area contributed by atoms with Crippen LogP contribution < -0.4 is 9.64 Å². The van der Waals surface area contributed by atoms with E-state index in [1.165, 1.54) is 0 Å². The number of thioether (sulfide) groups is 1. The van der Waals surface area contributed by atoms with Crippen LogP contribution in [-0.4, -0.2) is 26.8 Å². The van der Waals surface area contributed by atoms with Gasteiger partial charge in [-0.15, -0.1) is 10.2 Å². The number of benzene rings is 2. The second-order valence-corrected chi connectivity index (χ2v) is 9.09. The monoisotopic (exact) mass is 498 g/mol. The third-order valence-corrected chi connectivity index (χ3v) is 6.36. The second-order valence-electron chi connectivity index (χ2n) is 7.11. The molecular weight excluding hydrogens is 476 g/mol. The second kappa shape index (κ2) is 9.78. The van der Waals surface area contributed by atoms with Crippen LogP contribution in [0.15, 0.2) is 58.2 Å². The van der Waals surface area contributed by atoms with Gasteiger partial charge in [-0.1, -0.05) is 78.3 Å². The van der Waals surface area contributed by atoms with Crippen molar-refractivity contribution in [3.8, 4) is 17.1 Å². The Labute approximate surface area is 194 Å². The molecule has 0 spiro atoms. The summed E-state index contributed by atoms with van der Waals surface area (Å²) in [5.41, 5.74) is 2.90. The van der Waals surface area contributed by atoms with Gasteiger partial charge in [-0.3, -0.25) is 9.69 Å². The highest BCUT2D eigenvalue weighted by Gasteiger charge is 2.35. The van der Waals surface area contributed by atoms with Crippen molar-refractivity contribution in [1.82, 2.24) is 15.2 Å². The van der Waals surface area contributed by atoms with Crippen molar-refractivity contribution in [2.24, 2.45) is 0 Å². The van der Waals surface area contributed by atoms with Crippen LogP contribution in [0.5, 0.6) is 5.88 Å². The van der Waals surface area contributed by atoms with Crippen molar-refractivity contribution < 1.29 is 9.53 Å². The normalized spacial score (nSPS) is 14.9. The standard InChI is InChI=1S/C23H23BrN4O2S/c1-3-5-13-31-23-25-21-20(26-27-23)17-11-6-7-12-18(17)28(19(29)4-2)22(30-21)15-9-8-10-16(24)14-15/h6-12,14,22H,3-5,13H2,1-2H3. The van der Waals surface area contributed by atoms with Gasteiger partial charge in [0.1, 0.15) is 0 Å². The minimum atomic E-state index is -0.669. The van der Waals surface area contributed by atoms with Crippen LogP contribution in [0.4, 0.5) is 5.69 Å². The summed E-state index contributed by atoms with van der Waals surface area (Å²) in [4.78, 5) is 19.5. The van der Waals surface area contributed by atoms with E-state index in [4.69, 9.17) is 4.74 Å². The van der Waals surface area contributed by atoms with Gasteiger partial charge in [0.15, 0.2) is 5.69 Å². The molecule has 0 bridgehead atoms. The number of ether oxygens (including phenoxy) is 1. The first-order valence-corrected chi connectivity index (χ1v) is 12.1. The fourth-order valence-corrected chi connectivity index (χ4v) is 4.68. The van der Waals surface area contributed by atoms with Crippen molar-refractivity contribution in [2.75, 3.05) is 10.7 Å². The van der Waals surface area contributed by atoms with Crippen LogP contribution in [0, 0.1) is 0 Å². The molecule has 0 saturated carbocycles. The van der Waals surface area contributed by atoms with Gasteiger partial charge in [-0.25, -0.2) is 0 Å². The zero-order valence-corrected chi connectivity index (χ0v) is 19.8. The number of amides is 1. The Balaban J connectivity index is 1.87. The number of carbonyl (C=O) groups excluding carboxylic acids is 1. The lowest BCUT2D eigenvalue weighted by Gasteiger charge is -2.30. The molecule has 0 fully saturated rings. The highest BCUT2D eigenvalue weighted by molar-refractivity contribution is 9.10. The van der Waals surface area contributed by atoms with Crippen LogP contribution in [0.1, 0.15) is 44.9 Å². The maximum Gasteiger partial charge on any atom is 0.247 e. The summed E-state index contributed by atoms with van der Waals surface area (Å²) in [7, 11) is 0. The maximum absolute atomic E-state index is 13.1. The highest BCUT2D eigenvalue weighted by atomic mass is 79.9. The summed E-state index contributed by atoms with van der Waals surface area (Å²) in [6, 6.07) is 15.5. The summed E-state index contributed by atoms with van der Waals surface area (Å²) in [6.45, 7) is 4.00. The summed E-state index contributed by atoms with van der Waals surface area (Å²) in [5.74, 6) is 1.26. The SMILES string of the molecule is CCCCSc1nnc2c(n1)OC(c1cccc(Br)c1)N(C(=O)CC)c1ccccc1-2. The molecule has 3 aromatic rings. The van der Waals surface area contributed by atoms with Gasteiger partial charge >= 0.3 is 0 Å². The number of hydrogen-bond donors (Lipinski definition) is 0. The van der Waals surface area contributed by atoms with E-state index in [0.29, 0.717) is 23.2 Å². The molecule has 1 unspecified atom stereocenters. The molecule has 1 atom stereocenters. The molecule has 1 aliphatic heterocycles. The molecule has 2 aromatic carbocycles. The first-order chi connectivity index (χ1) is 15.1. The van der Waals surface area contributed by atoms with Crippen LogP contribution >= 0.6 is 27.7 Å². The Kier molecular flexibility index (Phi) is 6.87. The predicted molar refractivity (Wildman–Crippen MR) is 126 cm³/mol. The number of aromatic nitrogens is 3. The Bertz CT molecular complexity index is 1090. The summed E-state index contributed by atoms with van der Waals surface area (Å²) >= 11 is 5.10. The molecule has 31 heavy (non-hydrogen) atoms. The zero-order valence-electron chi connectivity index (χ0n) is 17.4. The molecule has 2 heterocycles. The highest BCUT2D eigenvalue weighted by Crippen LogP contribution is 2.43. The quantitative estimate of drug-likeness (QED) is 0.305. The molecule has 0 N–H and O–H groups in total. The van der Waals surface area contributed by atoms with Gasteiger partial charge in [-0.2, -0.15) is 4.98 Å². The average Bonchev–Trinajstić information content (AvgIpc) is 2.93. The van der Waals surface area contributed by atoms with Crippen molar-refractivity contribution in [3.63, 3.8) is 0 Å². The van der Waals surface area contributed by atoms with Gasteiger partial charge < -0.3 is 4.74 Å². The van der Waals surface area contributed by atoms with E-state index in [1.54, 1.807) is 16.7 Å². The Hall–Kier alpha value is -2.45. The Morgan fingerprint density at radius 2 is 2.00 bits per heavy atom. The number of rotatable bonds is 6. The number of fused-ring (bicyclic) bond motifs is 3. The molecule has 0 aliphatic carbocycles. The predicted octanol–water partition coefficient (Wildman–Crippen LogP) is 6.03. The summed E-state index contributed by atoms with van der Waals surface area (Å²) < 4.78 is 7.33. The fraction of sp³-hybridized carbons (Fsp3) is 0.304. The third-order valence-electron chi connectivity index (χ3n) is 4.95. The number of halogens is 1. The van der Waals surface area contributed by atoms with E-state index < -0.39 is 6.23 Å². The number of nitrogens with zero attached hydrogens (tertiary/aromatic N) is 4. The van der Waals surface area contributed by atoms with Crippen molar-refractivity contribution in [1.29, 1.82) is 0 Å². The zero-order chi connectivity index (χ0) is 21.8. The lowest BCUT2D eigenvalue weighted by molar-refractivity contribution is -0.120. The van der Waals surface area contributed by atoms with E-state index in [1.807, 2.05) is 55.5 Å². The summed E-state index contributed by atoms with van der Waals surface area (Å²) in [5, 5.41) is 9.35.